The molecule has 0 heterocycles. The second-order valence-electron chi connectivity index (χ2n) is 11.1. The summed E-state index contributed by atoms with van der Waals surface area (Å²) >= 11 is 0. The minimum Gasteiger partial charge on any atom is -0.248 e. The van der Waals surface area contributed by atoms with Gasteiger partial charge in [0.2, 0.25) is 0 Å². The second kappa shape index (κ2) is 11.5. The van der Waals surface area contributed by atoms with E-state index in [-0.39, 0.29) is 11.8 Å². The van der Waals surface area contributed by atoms with Crippen molar-refractivity contribution in [2.24, 2.45) is 41.4 Å². The smallest absolute Gasteiger partial charge is 0.135 e. The molecule has 7 atom stereocenters. The van der Waals surface area contributed by atoms with Crippen molar-refractivity contribution in [2.45, 2.75) is 116 Å². The van der Waals surface area contributed by atoms with Crippen molar-refractivity contribution in [3.05, 3.63) is 0 Å². The molecule has 3 fully saturated rings. The van der Waals surface area contributed by atoms with Crippen molar-refractivity contribution >= 4 is 0 Å². The summed E-state index contributed by atoms with van der Waals surface area (Å²) in [6, 6.07) is 0. The Kier molecular flexibility index (Phi) is 9.38. The van der Waals surface area contributed by atoms with Crippen molar-refractivity contribution in [3.8, 4) is 0 Å². The van der Waals surface area contributed by atoms with Crippen LogP contribution in [0, 0.1) is 41.4 Å². The topological polar surface area (TPSA) is 0 Å². The molecular formula is C26H44F4. The first-order valence-corrected chi connectivity index (χ1v) is 12.9. The van der Waals surface area contributed by atoms with Crippen LogP contribution in [0.1, 0.15) is 97.3 Å². The average molecular weight is 433 g/mol. The molecule has 0 radical (unpaired) electrons. The van der Waals surface area contributed by atoms with Crippen LogP contribution in [-0.4, -0.2) is 25.2 Å². The third-order valence-corrected chi connectivity index (χ3v) is 9.19. The zero-order valence-electron chi connectivity index (χ0n) is 19.2. The van der Waals surface area contributed by atoms with Crippen molar-refractivity contribution in [2.75, 3.05) is 6.67 Å². The second-order valence-corrected chi connectivity index (χ2v) is 11.1. The lowest BCUT2D eigenvalue weighted by Gasteiger charge is -2.44. The highest BCUT2D eigenvalue weighted by Crippen LogP contribution is 2.47. The van der Waals surface area contributed by atoms with Crippen molar-refractivity contribution in [1.82, 2.24) is 0 Å². The monoisotopic (exact) mass is 432 g/mol. The first-order chi connectivity index (χ1) is 14.4. The van der Waals surface area contributed by atoms with Gasteiger partial charge in [-0.25, -0.2) is 17.6 Å². The van der Waals surface area contributed by atoms with Crippen LogP contribution >= 0.6 is 0 Å². The van der Waals surface area contributed by atoms with Crippen LogP contribution in [0.2, 0.25) is 0 Å². The van der Waals surface area contributed by atoms with E-state index in [1.54, 1.807) is 0 Å². The molecule has 0 N–H and O–H groups in total. The van der Waals surface area contributed by atoms with Gasteiger partial charge >= 0.3 is 0 Å². The third kappa shape index (κ3) is 5.94. The maximum Gasteiger partial charge on any atom is 0.135 e. The quantitative estimate of drug-likeness (QED) is 0.338. The summed E-state index contributed by atoms with van der Waals surface area (Å²) in [6.45, 7) is 3.36. The van der Waals surface area contributed by atoms with Crippen LogP contribution < -0.4 is 0 Å². The largest absolute Gasteiger partial charge is 0.248 e. The summed E-state index contributed by atoms with van der Waals surface area (Å²) in [5.74, 6) is 0.493. The van der Waals surface area contributed by atoms with Gasteiger partial charge in [-0.05, 0) is 73.5 Å². The zero-order chi connectivity index (χ0) is 21.7. The summed E-state index contributed by atoms with van der Waals surface area (Å²) in [4.78, 5) is 0. The van der Waals surface area contributed by atoms with E-state index in [0.29, 0.717) is 37.0 Å². The number of alkyl halides is 4. The van der Waals surface area contributed by atoms with Gasteiger partial charge in [-0.3, -0.25) is 0 Å². The minimum atomic E-state index is -1.66. The predicted octanol–water partition coefficient (Wildman–Crippen LogP) is 8.44. The van der Waals surface area contributed by atoms with E-state index in [0.717, 1.165) is 32.1 Å². The molecule has 0 amide bonds. The SMILES string of the molecule is CC1CCC(C2CCC(C(CC[C@H](C)C3CCCCC3)C(F)CF)C(F)C2F)CC1. The van der Waals surface area contributed by atoms with Crippen LogP contribution in [0.25, 0.3) is 0 Å². The molecular weight excluding hydrogens is 388 g/mol. The lowest BCUT2D eigenvalue weighted by molar-refractivity contribution is -0.0470. The highest BCUT2D eigenvalue weighted by Gasteiger charge is 2.47. The van der Waals surface area contributed by atoms with Gasteiger partial charge in [-0.1, -0.05) is 65.2 Å². The Bertz CT molecular complexity index is 483. The summed E-state index contributed by atoms with van der Waals surface area (Å²) < 4.78 is 58.4. The highest BCUT2D eigenvalue weighted by atomic mass is 19.2. The molecule has 30 heavy (non-hydrogen) atoms. The van der Waals surface area contributed by atoms with Gasteiger partial charge in [0.05, 0.1) is 0 Å². The predicted molar refractivity (Wildman–Crippen MR) is 116 cm³/mol. The van der Waals surface area contributed by atoms with E-state index in [1.165, 1.54) is 32.1 Å². The molecule has 3 aliphatic rings. The number of hydrogen-bond donors (Lipinski definition) is 0. The van der Waals surface area contributed by atoms with E-state index < -0.39 is 37.0 Å². The standard InChI is InChI=1S/C26H44F4/c1-17-8-11-20(12-9-17)21-14-15-23(26(30)25(21)29)22(24(28)16-27)13-10-18(2)19-6-4-3-5-7-19/h17-26H,3-16H2,1-2H3/t17?,18-,20?,21?,22?,23?,24?,25?,26?/m0/s1. The maximum atomic E-state index is 15.3. The summed E-state index contributed by atoms with van der Waals surface area (Å²) in [7, 11) is 0. The maximum absolute atomic E-state index is 15.3. The molecule has 4 heteroatoms. The molecule has 0 saturated heterocycles. The molecule has 0 bridgehead atoms. The Hall–Kier alpha value is -0.280. The lowest BCUT2D eigenvalue weighted by Crippen LogP contribution is -2.46. The highest BCUT2D eigenvalue weighted by molar-refractivity contribution is 4.96. The van der Waals surface area contributed by atoms with Gasteiger partial charge in [0.1, 0.15) is 25.2 Å². The Morgan fingerprint density at radius 3 is 2.10 bits per heavy atom. The molecule has 0 aromatic rings. The van der Waals surface area contributed by atoms with Crippen LogP contribution in [0.15, 0.2) is 0 Å². The Morgan fingerprint density at radius 1 is 0.800 bits per heavy atom. The van der Waals surface area contributed by atoms with Crippen molar-refractivity contribution in [1.29, 1.82) is 0 Å². The van der Waals surface area contributed by atoms with Crippen LogP contribution in [0.5, 0.6) is 0 Å². The van der Waals surface area contributed by atoms with Crippen LogP contribution in [0.3, 0.4) is 0 Å². The molecule has 0 spiro atoms. The van der Waals surface area contributed by atoms with Crippen molar-refractivity contribution in [3.63, 3.8) is 0 Å². The Labute approximate surface area is 182 Å². The van der Waals surface area contributed by atoms with Crippen molar-refractivity contribution < 1.29 is 17.6 Å². The first-order valence-electron chi connectivity index (χ1n) is 12.9. The van der Waals surface area contributed by atoms with E-state index >= 15 is 8.78 Å². The number of rotatable bonds is 8. The Balaban J connectivity index is 1.58. The molecule has 3 rings (SSSR count). The van der Waals surface area contributed by atoms with Gasteiger partial charge in [-0.15, -0.1) is 0 Å². The van der Waals surface area contributed by atoms with Gasteiger partial charge in [-0.2, -0.15) is 0 Å². The average Bonchev–Trinajstić information content (AvgIpc) is 2.77. The number of halogens is 4. The van der Waals surface area contributed by atoms with Gasteiger partial charge < -0.3 is 0 Å². The summed E-state index contributed by atoms with van der Waals surface area (Å²) in [6.07, 6.45) is 8.08. The molecule has 0 aliphatic heterocycles. The minimum absolute atomic E-state index is 0.228. The van der Waals surface area contributed by atoms with E-state index in [4.69, 9.17) is 0 Å². The molecule has 0 aromatic carbocycles. The fraction of sp³-hybridized carbons (Fsp3) is 1.00. The van der Waals surface area contributed by atoms with Gasteiger partial charge in [0, 0.05) is 0 Å². The zero-order valence-corrected chi connectivity index (χ0v) is 19.2. The molecule has 176 valence electrons. The molecule has 3 aliphatic carbocycles. The van der Waals surface area contributed by atoms with E-state index in [1.807, 2.05) is 0 Å². The van der Waals surface area contributed by atoms with Gasteiger partial charge in [0.15, 0.2) is 0 Å². The Morgan fingerprint density at radius 2 is 1.47 bits per heavy atom. The van der Waals surface area contributed by atoms with E-state index in [2.05, 4.69) is 13.8 Å². The molecule has 3 saturated carbocycles. The molecule has 0 nitrogen and oxygen atoms in total. The molecule has 6 unspecified atom stereocenters. The van der Waals surface area contributed by atoms with E-state index in [9.17, 15) is 8.78 Å². The van der Waals surface area contributed by atoms with Gasteiger partial charge in [0.25, 0.3) is 0 Å². The summed E-state index contributed by atoms with van der Waals surface area (Å²) in [5, 5.41) is 0. The number of hydrogen-bond acceptors (Lipinski definition) is 0. The fourth-order valence-corrected chi connectivity index (χ4v) is 7.01. The third-order valence-electron chi connectivity index (χ3n) is 9.19. The molecule has 0 aromatic heterocycles. The first kappa shape index (κ1) is 24.4. The lowest BCUT2D eigenvalue weighted by atomic mass is 9.64. The summed E-state index contributed by atoms with van der Waals surface area (Å²) in [5.41, 5.74) is 0. The van der Waals surface area contributed by atoms with Crippen LogP contribution in [0.4, 0.5) is 17.6 Å². The normalized spacial score (nSPS) is 39.4. The van der Waals surface area contributed by atoms with Crippen LogP contribution in [-0.2, 0) is 0 Å². The fourth-order valence-electron chi connectivity index (χ4n) is 7.01.